The van der Waals surface area contributed by atoms with Gasteiger partial charge in [0, 0.05) is 18.2 Å². The van der Waals surface area contributed by atoms with Gasteiger partial charge >= 0.3 is 0 Å². The number of hydrogen-bond acceptors (Lipinski definition) is 4. The van der Waals surface area contributed by atoms with Crippen molar-refractivity contribution >= 4 is 23.4 Å². The largest absolute Gasteiger partial charge is 0.497 e. The van der Waals surface area contributed by atoms with Crippen molar-refractivity contribution in [2.75, 3.05) is 12.4 Å². The highest BCUT2D eigenvalue weighted by atomic mass is 16.5. The van der Waals surface area contributed by atoms with Crippen LogP contribution in [0.2, 0.25) is 0 Å². The van der Waals surface area contributed by atoms with E-state index in [9.17, 15) is 14.4 Å². The van der Waals surface area contributed by atoms with Crippen LogP contribution in [0.25, 0.3) is 0 Å². The molecule has 1 N–H and O–H groups in total. The summed E-state index contributed by atoms with van der Waals surface area (Å²) in [7, 11) is 1.56. The molecule has 2 aromatic carbocycles. The molecule has 2 saturated carbocycles. The van der Waals surface area contributed by atoms with Crippen LogP contribution < -0.4 is 10.1 Å². The summed E-state index contributed by atoms with van der Waals surface area (Å²) in [5.41, 5.74) is 1.47. The lowest BCUT2D eigenvalue weighted by molar-refractivity contribution is -0.146. The fourth-order valence-electron chi connectivity index (χ4n) is 6.35. The summed E-state index contributed by atoms with van der Waals surface area (Å²) in [4.78, 5) is 42.2. The Hall–Kier alpha value is -3.41. The number of carbonyl (C=O) groups excluding carboxylic acids is 3. The normalized spacial score (nSPS) is 31.7. The summed E-state index contributed by atoms with van der Waals surface area (Å²) in [5.74, 6) is 0.556. The molecule has 3 fully saturated rings. The van der Waals surface area contributed by atoms with Gasteiger partial charge < -0.3 is 10.1 Å². The third-order valence-corrected chi connectivity index (χ3v) is 7.92. The Bertz CT molecular complexity index is 1120. The van der Waals surface area contributed by atoms with Crippen LogP contribution >= 0.6 is 0 Å². The van der Waals surface area contributed by atoms with E-state index >= 15 is 0 Å². The second kappa shape index (κ2) is 7.58. The molecule has 1 heterocycles. The van der Waals surface area contributed by atoms with E-state index < -0.39 is 6.04 Å². The number of ether oxygens (including phenoxy) is 1. The summed E-state index contributed by atoms with van der Waals surface area (Å²) >= 11 is 0. The second-order valence-electron chi connectivity index (χ2n) is 9.63. The van der Waals surface area contributed by atoms with Gasteiger partial charge in [-0.15, -0.1) is 0 Å². The number of benzene rings is 2. The van der Waals surface area contributed by atoms with Gasteiger partial charge in [-0.25, -0.2) is 0 Å². The number of nitrogens with zero attached hydrogens (tertiary/aromatic N) is 1. The number of anilines is 1. The zero-order valence-electron chi connectivity index (χ0n) is 18.4. The van der Waals surface area contributed by atoms with Crippen molar-refractivity contribution in [2.24, 2.45) is 35.5 Å². The number of carbonyl (C=O) groups is 3. The number of hydrogen-bond donors (Lipinski definition) is 1. The molecule has 33 heavy (non-hydrogen) atoms. The summed E-state index contributed by atoms with van der Waals surface area (Å²) in [6.45, 7) is 0. The van der Waals surface area contributed by atoms with Crippen LogP contribution in [-0.2, 0) is 20.8 Å². The Balaban J connectivity index is 1.32. The molecule has 6 heteroatoms. The summed E-state index contributed by atoms with van der Waals surface area (Å²) in [6, 6.07) is 15.7. The molecule has 4 aliphatic carbocycles. The van der Waals surface area contributed by atoms with Crippen LogP contribution in [0.5, 0.6) is 5.75 Å². The summed E-state index contributed by atoms with van der Waals surface area (Å²) < 4.78 is 5.26. The molecule has 5 aliphatic rings. The predicted octanol–water partition coefficient (Wildman–Crippen LogP) is 3.30. The number of nitrogens with one attached hydrogen (secondary N) is 1. The lowest BCUT2D eigenvalue weighted by Gasteiger charge is -2.37. The van der Waals surface area contributed by atoms with Gasteiger partial charge in [-0.1, -0.05) is 48.6 Å². The average Bonchev–Trinajstić information content (AvgIpc) is 3.62. The first kappa shape index (κ1) is 20.2. The van der Waals surface area contributed by atoms with E-state index in [1.807, 2.05) is 30.3 Å². The molecule has 1 saturated heterocycles. The number of methoxy groups -OCH3 is 1. The van der Waals surface area contributed by atoms with Gasteiger partial charge in [0.05, 0.1) is 18.9 Å². The van der Waals surface area contributed by atoms with Crippen molar-refractivity contribution in [1.29, 1.82) is 0 Å². The van der Waals surface area contributed by atoms with Crippen molar-refractivity contribution in [1.82, 2.24) is 4.90 Å². The first-order valence-corrected chi connectivity index (χ1v) is 11.6. The number of rotatable bonds is 6. The molecule has 3 amide bonds. The van der Waals surface area contributed by atoms with Gasteiger partial charge in [0.1, 0.15) is 11.8 Å². The topological polar surface area (TPSA) is 75.7 Å². The van der Waals surface area contributed by atoms with Crippen LogP contribution in [0, 0.1) is 35.5 Å². The van der Waals surface area contributed by atoms with Crippen LogP contribution in [0.4, 0.5) is 5.69 Å². The molecule has 1 aliphatic heterocycles. The van der Waals surface area contributed by atoms with E-state index in [1.165, 1.54) is 4.90 Å². The quantitative estimate of drug-likeness (QED) is 0.550. The smallest absolute Gasteiger partial charge is 0.248 e. The van der Waals surface area contributed by atoms with Crippen molar-refractivity contribution in [3.63, 3.8) is 0 Å². The predicted molar refractivity (Wildman–Crippen MR) is 122 cm³/mol. The second-order valence-corrected chi connectivity index (χ2v) is 9.63. The summed E-state index contributed by atoms with van der Waals surface area (Å²) in [5, 5.41) is 2.91. The Morgan fingerprint density at radius 2 is 1.67 bits per heavy atom. The highest BCUT2D eigenvalue weighted by Gasteiger charge is 2.67. The SMILES string of the molecule is COc1cccc(NC(=O)[C@H](Cc2ccccc2)N2C(=O)[C@@H]3[C@@H]4C=C[C@H]([C@H]5C[C@H]45)[C@@H]3C2=O)c1. The van der Waals surface area contributed by atoms with Crippen LogP contribution in [0.3, 0.4) is 0 Å². The van der Waals surface area contributed by atoms with Crippen molar-refractivity contribution in [3.8, 4) is 5.75 Å². The zero-order valence-corrected chi connectivity index (χ0v) is 18.4. The van der Waals surface area contributed by atoms with Gasteiger partial charge in [0.15, 0.2) is 0 Å². The minimum absolute atomic E-state index is 0.130. The molecule has 0 unspecified atom stereocenters. The molecule has 7 atom stereocenters. The molecule has 0 radical (unpaired) electrons. The Kier molecular flexibility index (Phi) is 4.64. The molecule has 2 aromatic rings. The molecule has 0 spiro atoms. The molecule has 2 bridgehead atoms. The van der Waals surface area contributed by atoms with Crippen molar-refractivity contribution in [2.45, 2.75) is 18.9 Å². The third-order valence-electron chi connectivity index (χ3n) is 7.92. The van der Waals surface area contributed by atoms with Crippen molar-refractivity contribution in [3.05, 3.63) is 72.3 Å². The first-order chi connectivity index (χ1) is 16.1. The Morgan fingerprint density at radius 1 is 1.00 bits per heavy atom. The Morgan fingerprint density at radius 3 is 2.30 bits per heavy atom. The van der Waals surface area contributed by atoms with Crippen LogP contribution in [-0.4, -0.2) is 35.8 Å². The van der Waals surface area contributed by atoms with Gasteiger partial charge in [-0.3, -0.25) is 19.3 Å². The molecular weight excluding hydrogens is 416 g/mol. The van der Waals surface area contributed by atoms with Gasteiger partial charge in [-0.2, -0.15) is 0 Å². The standard InChI is InChI=1S/C27H26N2O4/c1-33-17-9-5-8-16(13-17)28-25(30)22(12-15-6-3-2-4-7-15)29-26(31)23-18-10-11-19(21-14-20(18)21)24(23)27(29)32/h2-11,13,18-24H,12,14H2,1H3,(H,28,30)/t18-,19-,20-,21-,22+,23-,24+/m1/s1. The van der Waals surface area contributed by atoms with E-state index in [0.717, 1.165) is 12.0 Å². The average molecular weight is 443 g/mol. The number of likely N-dealkylation sites (tertiary alicyclic amines) is 1. The number of imide groups is 1. The minimum atomic E-state index is -0.903. The zero-order chi connectivity index (χ0) is 22.7. The fourth-order valence-corrected chi connectivity index (χ4v) is 6.35. The van der Waals surface area contributed by atoms with Crippen molar-refractivity contribution < 1.29 is 19.1 Å². The lowest BCUT2D eigenvalue weighted by atomic mass is 9.63. The molecule has 168 valence electrons. The third kappa shape index (κ3) is 3.19. The van der Waals surface area contributed by atoms with E-state index in [0.29, 0.717) is 23.3 Å². The van der Waals surface area contributed by atoms with E-state index in [4.69, 9.17) is 4.74 Å². The number of allylic oxidation sites excluding steroid dienone is 2. The van der Waals surface area contributed by atoms with Crippen LogP contribution in [0.15, 0.2) is 66.7 Å². The maximum atomic E-state index is 13.7. The minimum Gasteiger partial charge on any atom is -0.497 e. The maximum absolute atomic E-state index is 13.7. The lowest BCUT2D eigenvalue weighted by Crippen LogP contribution is -2.49. The van der Waals surface area contributed by atoms with E-state index in [1.54, 1.807) is 31.4 Å². The van der Waals surface area contributed by atoms with Gasteiger partial charge in [0.25, 0.3) is 0 Å². The van der Waals surface area contributed by atoms with Crippen LogP contribution in [0.1, 0.15) is 12.0 Å². The summed E-state index contributed by atoms with van der Waals surface area (Å²) in [6.07, 6.45) is 5.69. The van der Waals surface area contributed by atoms with E-state index in [2.05, 4.69) is 17.5 Å². The fraction of sp³-hybridized carbons (Fsp3) is 0.370. The highest BCUT2D eigenvalue weighted by molar-refractivity contribution is 6.10. The molecule has 0 aromatic heterocycles. The maximum Gasteiger partial charge on any atom is 0.248 e. The molecule has 6 nitrogen and oxygen atoms in total. The molecular formula is C27H26N2O4. The van der Waals surface area contributed by atoms with E-state index in [-0.39, 0.29) is 47.8 Å². The number of amides is 3. The first-order valence-electron chi connectivity index (χ1n) is 11.6. The Labute approximate surface area is 192 Å². The van der Waals surface area contributed by atoms with Gasteiger partial charge in [-0.05, 0) is 47.8 Å². The monoisotopic (exact) mass is 442 g/mol. The highest BCUT2D eigenvalue weighted by Crippen LogP contribution is 2.65. The van der Waals surface area contributed by atoms with Gasteiger partial charge in [0.2, 0.25) is 17.7 Å². The molecule has 7 rings (SSSR count).